The molecule has 102 valence electrons. The van der Waals surface area contributed by atoms with Crippen LogP contribution in [0.3, 0.4) is 0 Å². The molecule has 0 aliphatic carbocycles. The molecule has 1 unspecified atom stereocenters. The molecule has 2 rings (SSSR count). The van der Waals surface area contributed by atoms with Crippen LogP contribution < -0.4 is 4.90 Å². The van der Waals surface area contributed by atoms with E-state index in [0.717, 1.165) is 24.2 Å². The van der Waals surface area contributed by atoms with Crippen LogP contribution in [0, 0.1) is 19.8 Å². The van der Waals surface area contributed by atoms with Gasteiger partial charge in [0.25, 0.3) is 0 Å². The third-order valence-electron chi connectivity index (χ3n) is 3.82. The lowest BCUT2D eigenvalue weighted by Crippen LogP contribution is -2.44. The van der Waals surface area contributed by atoms with Crippen LogP contribution in [0.15, 0.2) is 18.2 Å². The zero-order chi connectivity index (χ0) is 14.0. The third kappa shape index (κ3) is 2.70. The highest BCUT2D eigenvalue weighted by atomic mass is 16.2. The van der Waals surface area contributed by atoms with Gasteiger partial charge in [-0.2, -0.15) is 0 Å². The van der Waals surface area contributed by atoms with Crippen LogP contribution in [-0.2, 0) is 9.59 Å². The lowest BCUT2D eigenvalue weighted by molar-refractivity contribution is -0.133. The fraction of sp³-hybridized carbons (Fsp3) is 0.500. The fourth-order valence-electron chi connectivity index (χ4n) is 2.77. The van der Waals surface area contributed by atoms with Gasteiger partial charge in [-0.15, -0.1) is 0 Å². The number of carbonyl (C=O) groups is 2. The molecular weight excluding hydrogens is 238 g/mol. The monoisotopic (exact) mass is 259 g/mol. The van der Waals surface area contributed by atoms with Gasteiger partial charge in [-0.3, -0.25) is 9.59 Å². The minimum atomic E-state index is -0.431. The number of hydrogen-bond acceptors (Lipinski definition) is 2. The SMILES string of the molecule is CCC(=O)C1CCCN(c2ccc(C)cc2C)C1=O. The summed E-state index contributed by atoms with van der Waals surface area (Å²) < 4.78 is 0. The summed E-state index contributed by atoms with van der Waals surface area (Å²) in [5.41, 5.74) is 3.23. The molecule has 0 spiro atoms. The number of hydrogen-bond donors (Lipinski definition) is 0. The van der Waals surface area contributed by atoms with Gasteiger partial charge in [0.15, 0.2) is 0 Å². The number of carbonyl (C=O) groups excluding carboxylic acids is 2. The van der Waals surface area contributed by atoms with Crippen LogP contribution in [0.4, 0.5) is 5.69 Å². The van der Waals surface area contributed by atoms with E-state index in [1.807, 2.05) is 32.9 Å². The van der Waals surface area contributed by atoms with Crippen LogP contribution in [0.1, 0.15) is 37.3 Å². The first-order valence-corrected chi connectivity index (χ1v) is 6.96. The summed E-state index contributed by atoms with van der Waals surface area (Å²) in [4.78, 5) is 26.1. The van der Waals surface area contributed by atoms with Crippen molar-refractivity contribution in [2.24, 2.45) is 5.92 Å². The van der Waals surface area contributed by atoms with Gasteiger partial charge in [0, 0.05) is 18.7 Å². The Hall–Kier alpha value is -1.64. The van der Waals surface area contributed by atoms with Crippen molar-refractivity contribution in [3.8, 4) is 0 Å². The predicted octanol–water partition coefficient (Wildman–Crippen LogP) is 3.03. The van der Waals surface area contributed by atoms with Gasteiger partial charge in [-0.25, -0.2) is 0 Å². The first-order valence-electron chi connectivity index (χ1n) is 6.96. The third-order valence-corrected chi connectivity index (χ3v) is 3.82. The number of aryl methyl sites for hydroxylation is 2. The molecule has 0 aromatic heterocycles. The average molecular weight is 259 g/mol. The quantitative estimate of drug-likeness (QED) is 0.782. The molecule has 1 aromatic rings. The first-order chi connectivity index (χ1) is 9.04. The summed E-state index contributed by atoms with van der Waals surface area (Å²) in [6.07, 6.45) is 2.04. The molecule has 19 heavy (non-hydrogen) atoms. The van der Waals surface area contributed by atoms with Crippen LogP contribution >= 0.6 is 0 Å². The van der Waals surface area contributed by atoms with Crippen LogP contribution in [0.2, 0.25) is 0 Å². The van der Waals surface area contributed by atoms with Crippen LogP contribution in [0.5, 0.6) is 0 Å². The Morgan fingerprint density at radius 2 is 2.11 bits per heavy atom. The van der Waals surface area contributed by atoms with Gasteiger partial charge in [-0.1, -0.05) is 24.6 Å². The largest absolute Gasteiger partial charge is 0.312 e. The molecule has 1 aromatic carbocycles. The summed E-state index contributed by atoms with van der Waals surface area (Å²) in [6.45, 7) is 6.60. The van der Waals surface area contributed by atoms with E-state index in [0.29, 0.717) is 12.8 Å². The van der Waals surface area contributed by atoms with E-state index in [4.69, 9.17) is 0 Å². The van der Waals surface area contributed by atoms with Gasteiger partial charge in [0.05, 0.1) is 5.92 Å². The van der Waals surface area contributed by atoms with Crippen molar-refractivity contribution in [1.82, 2.24) is 0 Å². The summed E-state index contributed by atoms with van der Waals surface area (Å²) in [7, 11) is 0. The zero-order valence-corrected chi connectivity index (χ0v) is 11.9. The van der Waals surface area contributed by atoms with Crippen molar-refractivity contribution in [1.29, 1.82) is 0 Å². The highest BCUT2D eigenvalue weighted by Crippen LogP contribution is 2.28. The topological polar surface area (TPSA) is 37.4 Å². The lowest BCUT2D eigenvalue weighted by atomic mass is 9.91. The van der Waals surface area contributed by atoms with Crippen molar-refractivity contribution in [3.63, 3.8) is 0 Å². The van der Waals surface area contributed by atoms with Crippen molar-refractivity contribution >= 4 is 17.4 Å². The maximum Gasteiger partial charge on any atom is 0.237 e. The molecule has 1 atom stereocenters. The highest BCUT2D eigenvalue weighted by molar-refractivity contribution is 6.09. The van der Waals surface area contributed by atoms with Gasteiger partial charge in [0.2, 0.25) is 5.91 Å². The minimum absolute atomic E-state index is 0.0231. The smallest absolute Gasteiger partial charge is 0.237 e. The van der Waals surface area contributed by atoms with E-state index in [1.165, 1.54) is 5.56 Å². The Morgan fingerprint density at radius 1 is 1.37 bits per heavy atom. The number of Topliss-reactive ketones (excluding diaryl/α,β-unsaturated/α-hetero) is 1. The lowest BCUT2D eigenvalue weighted by Gasteiger charge is -2.32. The molecule has 1 aliphatic heterocycles. The summed E-state index contributed by atoms with van der Waals surface area (Å²) in [5.74, 6) is -0.385. The number of amides is 1. The van der Waals surface area contributed by atoms with E-state index < -0.39 is 5.92 Å². The highest BCUT2D eigenvalue weighted by Gasteiger charge is 2.34. The van der Waals surface area contributed by atoms with Crippen LogP contribution in [-0.4, -0.2) is 18.2 Å². The molecule has 1 saturated heterocycles. The predicted molar refractivity (Wildman–Crippen MR) is 76.3 cm³/mol. The van der Waals surface area contributed by atoms with E-state index in [1.54, 1.807) is 4.90 Å². The molecule has 3 nitrogen and oxygen atoms in total. The number of nitrogens with zero attached hydrogens (tertiary/aromatic N) is 1. The molecule has 0 bridgehead atoms. The maximum atomic E-state index is 12.5. The van der Waals surface area contributed by atoms with Crippen LogP contribution in [0.25, 0.3) is 0 Å². The normalized spacial score (nSPS) is 19.6. The van der Waals surface area contributed by atoms with Crippen molar-refractivity contribution < 1.29 is 9.59 Å². The summed E-state index contributed by atoms with van der Waals surface area (Å²) in [6, 6.07) is 6.08. The van der Waals surface area contributed by atoms with E-state index in [-0.39, 0.29) is 11.7 Å². The Morgan fingerprint density at radius 3 is 2.74 bits per heavy atom. The van der Waals surface area contributed by atoms with Crippen molar-refractivity contribution in [2.45, 2.75) is 40.0 Å². The minimum Gasteiger partial charge on any atom is -0.312 e. The number of rotatable bonds is 3. The van der Waals surface area contributed by atoms with Crippen molar-refractivity contribution in [3.05, 3.63) is 29.3 Å². The standard InChI is InChI=1S/C16H21NO2/c1-4-15(18)13-6-5-9-17(16(13)19)14-8-7-11(2)10-12(14)3/h7-8,10,13H,4-6,9H2,1-3H3. The van der Waals surface area contributed by atoms with E-state index in [9.17, 15) is 9.59 Å². The molecule has 0 radical (unpaired) electrons. The Labute approximate surface area is 114 Å². The molecule has 1 amide bonds. The molecule has 1 fully saturated rings. The molecule has 1 aliphatic rings. The number of anilines is 1. The van der Waals surface area contributed by atoms with Gasteiger partial charge >= 0.3 is 0 Å². The maximum absolute atomic E-state index is 12.5. The molecule has 3 heteroatoms. The second-order valence-electron chi connectivity index (χ2n) is 5.29. The number of ketones is 1. The zero-order valence-electron chi connectivity index (χ0n) is 11.9. The van der Waals surface area contributed by atoms with E-state index >= 15 is 0 Å². The molecule has 0 N–H and O–H groups in total. The Kier molecular flexibility index (Phi) is 4.03. The van der Waals surface area contributed by atoms with E-state index in [2.05, 4.69) is 6.07 Å². The fourth-order valence-corrected chi connectivity index (χ4v) is 2.77. The molecule has 0 saturated carbocycles. The summed E-state index contributed by atoms with van der Waals surface area (Å²) in [5, 5.41) is 0. The van der Waals surface area contributed by atoms with Gasteiger partial charge < -0.3 is 4.90 Å². The van der Waals surface area contributed by atoms with Gasteiger partial charge in [0.1, 0.15) is 5.78 Å². The average Bonchev–Trinajstić information content (AvgIpc) is 2.39. The Balaban J connectivity index is 2.29. The Bertz CT molecular complexity index is 507. The second kappa shape index (κ2) is 5.55. The molecular formula is C16H21NO2. The first kappa shape index (κ1) is 13.8. The summed E-state index contributed by atoms with van der Waals surface area (Å²) >= 11 is 0. The second-order valence-corrected chi connectivity index (χ2v) is 5.29. The van der Waals surface area contributed by atoms with Crippen molar-refractivity contribution in [2.75, 3.05) is 11.4 Å². The van der Waals surface area contributed by atoms with Gasteiger partial charge in [-0.05, 0) is 38.3 Å². The molecule has 1 heterocycles. The number of piperidine rings is 1. The number of benzene rings is 1.